The standard InChI is InChI=1S/C19H33N3O2/c1-19(9-4-3-5-10-19)18(24)21-12-8-16-15(14-21)6-7-17(23)22(16)13-11-20-2/h15-16,20H,3-14H2,1-2H3. The Morgan fingerprint density at radius 3 is 2.71 bits per heavy atom. The Bertz CT molecular complexity index is 473. The number of likely N-dealkylation sites (N-methyl/N-ethyl adjacent to an activating group) is 1. The summed E-state index contributed by atoms with van der Waals surface area (Å²) in [5.41, 5.74) is -0.138. The van der Waals surface area contributed by atoms with Gasteiger partial charge in [0.15, 0.2) is 0 Å². The van der Waals surface area contributed by atoms with Crippen molar-refractivity contribution in [3.63, 3.8) is 0 Å². The van der Waals surface area contributed by atoms with E-state index < -0.39 is 0 Å². The van der Waals surface area contributed by atoms with E-state index in [0.29, 0.717) is 30.2 Å². The number of carbonyl (C=O) groups excluding carboxylic acids is 2. The molecule has 1 aliphatic carbocycles. The molecule has 136 valence electrons. The summed E-state index contributed by atoms with van der Waals surface area (Å²) in [6, 6.07) is 0.336. The lowest BCUT2D eigenvalue weighted by Gasteiger charge is -2.49. The molecule has 0 spiro atoms. The second-order valence-electron chi connectivity index (χ2n) is 8.22. The van der Waals surface area contributed by atoms with Crippen LogP contribution in [0.5, 0.6) is 0 Å². The molecular formula is C19H33N3O2. The zero-order valence-corrected chi connectivity index (χ0v) is 15.4. The summed E-state index contributed by atoms with van der Waals surface area (Å²) < 4.78 is 0. The van der Waals surface area contributed by atoms with Crippen LogP contribution in [0.2, 0.25) is 0 Å². The Morgan fingerprint density at radius 1 is 1.25 bits per heavy atom. The molecule has 0 aromatic rings. The van der Waals surface area contributed by atoms with Gasteiger partial charge < -0.3 is 15.1 Å². The van der Waals surface area contributed by atoms with Gasteiger partial charge in [0.2, 0.25) is 11.8 Å². The first-order valence-corrected chi connectivity index (χ1v) is 9.78. The van der Waals surface area contributed by atoms with E-state index in [4.69, 9.17) is 0 Å². The van der Waals surface area contributed by atoms with Gasteiger partial charge in [-0.1, -0.05) is 26.2 Å². The lowest BCUT2D eigenvalue weighted by Crippen LogP contribution is -2.59. The maximum Gasteiger partial charge on any atom is 0.228 e. The predicted octanol–water partition coefficient (Wildman–Crippen LogP) is 2.02. The van der Waals surface area contributed by atoms with E-state index in [0.717, 1.165) is 51.9 Å². The number of rotatable bonds is 4. The number of hydrogen-bond acceptors (Lipinski definition) is 3. The Labute approximate surface area is 146 Å². The number of hydrogen-bond donors (Lipinski definition) is 1. The van der Waals surface area contributed by atoms with Crippen molar-refractivity contribution in [3.8, 4) is 0 Å². The van der Waals surface area contributed by atoms with Gasteiger partial charge in [0, 0.05) is 44.1 Å². The summed E-state index contributed by atoms with van der Waals surface area (Å²) in [6.07, 6.45) is 8.28. The highest BCUT2D eigenvalue weighted by atomic mass is 16.2. The average molecular weight is 335 g/mol. The first-order chi connectivity index (χ1) is 11.5. The monoisotopic (exact) mass is 335 g/mol. The van der Waals surface area contributed by atoms with Crippen LogP contribution in [0.3, 0.4) is 0 Å². The predicted molar refractivity (Wildman–Crippen MR) is 94.5 cm³/mol. The molecule has 0 radical (unpaired) electrons. The number of likely N-dealkylation sites (tertiary alicyclic amines) is 2. The molecule has 2 unspecified atom stereocenters. The molecule has 2 aliphatic heterocycles. The van der Waals surface area contributed by atoms with Crippen molar-refractivity contribution in [2.75, 3.05) is 33.2 Å². The summed E-state index contributed by atoms with van der Waals surface area (Å²) in [7, 11) is 1.93. The average Bonchev–Trinajstić information content (AvgIpc) is 2.60. The minimum atomic E-state index is -0.138. The van der Waals surface area contributed by atoms with E-state index in [-0.39, 0.29) is 5.41 Å². The summed E-state index contributed by atoms with van der Waals surface area (Å²) in [5, 5.41) is 3.15. The van der Waals surface area contributed by atoms with Gasteiger partial charge in [-0.2, -0.15) is 0 Å². The SMILES string of the molecule is CNCCN1C(=O)CCC2CN(C(=O)C3(C)CCCCC3)CCC21. The lowest BCUT2D eigenvalue weighted by molar-refractivity contribution is -0.150. The van der Waals surface area contributed by atoms with Gasteiger partial charge in [0.25, 0.3) is 0 Å². The fourth-order valence-electron chi connectivity index (χ4n) is 4.99. The molecular weight excluding hydrogens is 302 g/mol. The van der Waals surface area contributed by atoms with Crippen LogP contribution in [-0.2, 0) is 9.59 Å². The minimum Gasteiger partial charge on any atom is -0.342 e. The number of amides is 2. The van der Waals surface area contributed by atoms with Crippen LogP contribution in [-0.4, -0.2) is 60.9 Å². The Kier molecular flexibility index (Phi) is 5.48. The van der Waals surface area contributed by atoms with Gasteiger partial charge in [0.1, 0.15) is 0 Å². The summed E-state index contributed by atoms with van der Waals surface area (Å²) in [5.74, 6) is 1.13. The second-order valence-corrected chi connectivity index (χ2v) is 8.22. The molecule has 0 aromatic heterocycles. The zero-order valence-electron chi connectivity index (χ0n) is 15.4. The van der Waals surface area contributed by atoms with Crippen LogP contribution >= 0.6 is 0 Å². The molecule has 3 aliphatic rings. The molecule has 3 rings (SSSR count). The molecule has 24 heavy (non-hydrogen) atoms. The molecule has 0 bridgehead atoms. The molecule has 1 N–H and O–H groups in total. The van der Waals surface area contributed by atoms with E-state index in [1.54, 1.807) is 0 Å². The number of nitrogens with one attached hydrogen (secondary N) is 1. The second kappa shape index (κ2) is 7.42. The maximum absolute atomic E-state index is 13.1. The van der Waals surface area contributed by atoms with Gasteiger partial charge in [-0.05, 0) is 38.6 Å². The van der Waals surface area contributed by atoms with Crippen molar-refractivity contribution in [3.05, 3.63) is 0 Å². The van der Waals surface area contributed by atoms with Crippen LogP contribution in [0.4, 0.5) is 0 Å². The smallest absolute Gasteiger partial charge is 0.228 e. The number of carbonyl (C=O) groups is 2. The van der Waals surface area contributed by atoms with Crippen LogP contribution in [0.15, 0.2) is 0 Å². The molecule has 5 heteroatoms. The van der Waals surface area contributed by atoms with E-state index >= 15 is 0 Å². The fourth-order valence-corrected chi connectivity index (χ4v) is 4.99. The number of piperidine rings is 2. The highest BCUT2D eigenvalue weighted by Gasteiger charge is 2.44. The van der Waals surface area contributed by atoms with Gasteiger partial charge in [-0.3, -0.25) is 9.59 Å². The van der Waals surface area contributed by atoms with Crippen LogP contribution in [0, 0.1) is 11.3 Å². The van der Waals surface area contributed by atoms with Gasteiger partial charge in [-0.25, -0.2) is 0 Å². The normalized spacial score (nSPS) is 30.2. The molecule has 0 aromatic carbocycles. The quantitative estimate of drug-likeness (QED) is 0.855. The number of fused-ring (bicyclic) bond motifs is 1. The molecule has 2 saturated heterocycles. The molecule has 3 fully saturated rings. The molecule has 2 amide bonds. The topological polar surface area (TPSA) is 52.7 Å². The van der Waals surface area contributed by atoms with Crippen molar-refractivity contribution in [2.24, 2.45) is 11.3 Å². The van der Waals surface area contributed by atoms with Crippen molar-refractivity contribution in [1.29, 1.82) is 0 Å². The minimum absolute atomic E-state index is 0.138. The first-order valence-electron chi connectivity index (χ1n) is 9.78. The summed E-state index contributed by atoms with van der Waals surface area (Å²) in [6.45, 7) is 5.48. The lowest BCUT2D eigenvalue weighted by atomic mass is 9.74. The third-order valence-corrected chi connectivity index (χ3v) is 6.51. The van der Waals surface area contributed by atoms with E-state index in [9.17, 15) is 9.59 Å². The van der Waals surface area contributed by atoms with Gasteiger partial charge in [0.05, 0.1) is 0 Å². The van der Waals surface area contributed by atoms with E-state index in [2.05, 4.69) is 22.0 Å². The molecule has 5 nitrogen and oxygen atoms in total. The first kappa shape index (κ1) is 17.7. The Balaban J connectivity index is 1.64. The van der Waals surface area contributed by atoms with Crippen LogP contribution in [0.1, 0.15) is 58.3 Å². The third-order valence-electron chi connectivity index (χ3n) is 6.51. The molecule has 1 saturated carbocycles. The summed E-state index contributed by atoms with van der Waals surface area (Å²) in [4.78, 5) is 29.6. The fraction of sp³-hybridized carbons (Fsp3) is 0.895. The Hall–Kier alpha value is -1.10. The van der Waals surface area contributed by atoms with Crippen molar-refractivity contribution >= 4 is 11.8 Å². The van der Waals surface area contributed by atoms with Gasteiger partial charge in [-0.15, -0.1) is 0 Å². The molecule has 2 heterocycles. The highest BCUT2D eigenvalue weighted by Crippen LogP contribution is 2.39. The molecule has 2 atom stereocenters. The van der Waals surface area contributed by atoms with Crippen LogP contribution in [0.25, 0.3) is 0 Å². The van der Waals surface area contributed by atoms with Crippen molar-refractivity contribution < 1.29 is 9.59 Å². The van der Waals surface area contributed by atoms with Gasteiger partial charge >= 0.3 is 0 Å². The van der Waals surface area contributed by atoms with Crippen molar-refractivity contribution in [1.82, 2.24) is 15.1 Å². The van der Waals surface area contributed by atoms with Crippen molar-refractivity contribution in [2.45, 2.75) is 64.3 Å². The van der Waals surface area contributed by atoms with E-state index in [1.807, 2.05) is 7.05 Å². The largest absolute Gasteiger partial charge is 0.342 e. The summed E-state index contributed by atoms with van der Waals surface area (Å²) >= 11 is 0. The maximum atomic E-state index is 13.1. The van der Waals surface area contributed by atoms with Crippen LogP contribution < -0.4 is 5.32 Å². The Morgan fingerprint density at radius 2 is 2.00 bits per heavy atom. The number of nitrogens with zero attached hydrogens (tertiary/aromatic N) is 2. The highest BCUT2D eigenvalue weighted by molar-refractivity contribution is 5.83. The van der Waals surface area contributed by atoms with E-state index in [1.165, 1.54) is 19.3 Å². The third kappa shape index (κ3) is 3.46. The zero-order chi connectivity index (χ0) is 17.2.